The van der Waals surface area contributed by atoms with Gasteiger partial charge in [-0.15, -0.1) is 17.9 Å². The number of halogens is 2. The van der Waals surface area contributed by atoms with Crippen LogP contribution >= 0.6 is 45.9 Å². The Morgan fingerprint density at radius 1 is 1.27 bits per heavy atom. The molecule has 11 heteroatoms. The third-order valence-electron chi connectivity index (χ3n) is 4.76. The summed E-state index contributed by atoms with van der Waals surface area (Å²) in [6.07, 6.45) is 2.74. The second-order valence-corrected chi connectivity index (χ2v) is 12.0. The maximum atomic E-state index is 13.1. The highest BCUT2D eigenvalue weighted by atomic mass is 35.5. The number of fused-ring (bicyclic) bond motifs is 1. The Bertz CT molecular complexity index is 1310. The molecule has 2 aromatic heterocycles. The van der Waals surface area contributed by atoms with Gasteiger partial charge < -0.3 is 4.57 Å². The summed E-state index contributed by atoms with van der Waals surface area (Å²) >= 11 is 14.3. The zero-order valence-corrected chi connectivity index (χ0v) is 19.6. The van der Waals surface area contributed by atoms with Gasteiger partial charge in [0.25, 0.3) is 15.9 Å². The second kappa shape index (κ2) is 8.57. The first kappa shape index (κ1) is 21.7. The van der Waals surface area contributed by atoms with Crippen LogP contribution in [0.5, 0.6) is 0 Å². The second-order valence-electron chi connectivity index (χ2n) is 6.68. The van der Waals surface area contributed by atoms with Gasteiger partial charge in [0.1, 0.15) is 10.3 Å². The largest absolute Gasteiger partial charge is 0.313 e. The van der Waals surface area contributed by atoms with Gasteiger partial charge in [-0.1, -0.05) is 40.6 Å². The zero-order valence-electron chi connectivity index (χ0n) is 15.6. The number of carbonyl (C=O) groups is 1. The van der Waals surface area contributed by atoms with Gasteiger partial charge in [-0.05, 0) is 43.2 Å². The van der Waals surface area contributed by atoms with Crippen molar-refractivity contribution in [2.75, 3.05) is 6.54 Å². The van der Waals surface area contributed by atoms with Gasteiger partial charge in [-0.3, -0.25) is 4.79 Å². The summed E-state index contributed by atoms with van der Waals surface area (Å²) in [5, 5.41) is 0.593. The lowest BCUT2D eigenvalue weighted by molar-refractivity contribution is -0.121. The lowest BCUT2D eigenvalue weighted by atomic mass is 10.2. The molecule has 0 spiro atoms. The Kier molecular flexibility index (Phi) is 6.20. The quantitative estimate of drug-likeness (QED) is 0.481. The predicted molar refractivity (Wildman–Crippen MR) is 122 cm³/mol. The number of aromatic nitrogens is 1. The molecule has 3 heterocycles. The first-order chi connectivity index (χ1) is 14.3. The van der Waals surface area contributed by atoms with Crippen molar-refractivity contribution in [1.82, 2.24) is 8.87 Å². The highest BCUT2D eigenvalue weighted by molar-refractivity contribution is 7.91. The molecular formula is C19H17Cl2N3O3S3. The first-order valence-electron chi connectivity index (χ1n) is 9.07. The molecule has 0 saturated carbocycles. The van der Waals surface area contributed by atoms with E-state index in [1.807, 2.05) is 16.7 Å². The molecule has 1 fully saturated rings. The monoisotopic (exact) mass is 501 g/mol. The minimum absolute atomic E-state index is 0.130. The molecule has 6 nitrogen and oxygen atoms in total. The molecule has 0 radical (unpaired) electrons. The molecule has 30 heavy (non-hydrogen) atoms. The van der Waals surface area contributed by atoms with Crippen molar-refractivity contribution in [3.05, 3.63) is 57.1 Å². The zero-order chi connectivity index (χ0) is 21.5. The number of amides is 1. The van der Waals surface area contributed by atoms with E-state index in [2.05, 4.69) is 11.6 Å². The van der Waals surface area contributed by atoms with Crippen LogP contribution in [0.3, 0.4) is 0 Å². The summed E-state index contributed by atoms with van der Waals surface area (Å²) in [6, 6.07) is 7.64. The number of nitrogens with zero attached hydrogens (tertiary/aromatic N) is 3. The molecule has 1 atom stereocenters. The van der Waals surface area contributed by atoms with Crippen molar-refractivity contribution >= 4 is 72.0 Å². The maximum absolute atomic E-state index is 13.1. The van der Waals surface area contributed by atoms with E-state index >= 15 is 0 Å². The fraction of sp³-hybridized carbons (Fsp3) is 0.263. The van der Waals surface area contributed by atoms with Gasteiger partial charge >= 0.3 is 0 Å². The molecule has 0 N–H and O–H groups in total. The Morgan fingerprint density at radius 2 is 2.07 bits per heavy atom. The number of rotatable bonds is 5. The summed E-state index contributed by atoms with van der Waals surface area (Å²) in [5.41, 5.74) is 0.889. The third kappa shape index (κ3) is 4.02. The molecule has 1 aromatic carbocycles. The third-order valence-corrected chi connectivity index (χ3v) is 9.65. The van der Waals surface area contributed by atoms with Crippen LogP contribution < -0.4 is 4.80 Å². The van der Waals surface area contributed by atoms with E-state index in [9.17, 15) is 13.2 Å². The van der Waals surface area contributed by atoms with E-state index < -0.39 is 22.0 Å². The number of thiazole rings is 1. The van der Waals surface area contributed by atoms with E-state index in [-0.39, 0.29) is 10.8 Å². The number of allylic oxidation sites excluding steroid dienone is 1. The van der Waals surface area contributed by atoms with Crippen LogP contribution in [-0.4, -0.2) is 35.8 Å². The average Bonchev–Trinajstić information content (AvgIpc) is 3.41. The minimum atomic E-state index is -3.81. The van der Waals surface area contributed by atoms with Gasteiger partial charge in [-0.25, -0.2) is 8.42 Å². The van der Waals surface area contributed by atoms with Gasteiger partial charge in [0, 0.05) is 18.1 Å². The number of thiophene rings is 1. The summed E-state index contributed by atoms with van der Waals surface area (Å²) in [4.78, 5) is 17.9. The van der Waals surface area contributed by atoms with Crippen molar-refractivity contribution in [3.63, 3.8) is 0 Å². The molecule has 1 saturated heterocycles. The number of carbonyl (C=O) groups excluding carboxylic acids is 1. The van der Waals surface area contributed by atoms with Crippen LogP contribution in [0, 0.1) is 0 Å². The molecule has 0 bridgehead atoms. The number of hydrogen-bond donors (Lipinski definition) is 0. The molecule has 4 rings (SSSR count). The SMILES string of the molecule is C=CCn1c(=NC(=O)C2CCCN2S(=O)(=O)c2ccc(Cl)s2)sc2cc(Cl)ccc21. The number of benzene rings is 1. The molecule has 1 aliphatic heterocycles. The van der Waals surface area contributed by atoms with Gasteiger partial charge in [0.05, 0.1) is 14.6 Å². The highest BCUT2D eigenvalue weighted by Crippen LogP contribution is 2.32. The highest BCUT2D eigenvalue weighted by Gasteiger charge is 2.40. The van der Waals surface area contributed by atoms with E-state index in [1.165, 1.54) is 27.8 Å². The Labute approximate surface area is 191 Å². The lowest BCUT2D eigenvalue weighted by Crippen LogP contribution is -2.40. The van der Waals surface area contributed by atoms with Crippen molar-refractivity contribution in [1.29, 1.82) is 0 Å². The molecular weight excluding hydrogens is 485 g/mol. The van der Waals surface area contributed by atoms with Crippen LogP contribution in [0.1, 0.15) is 12.8 Å². The molecule has 3 aromatic rings. The molecule has 0 aliphatic carbocycles. The predicted octanol–water partition coefficient (Wildman–Crippen LogP) is 4.54. The minimum Gasteiger partial charge on any atom is -0.313 e. The van der Waals surface area contributed by atoms with Gasteiger partial charge in [0.2, 0.25) is 0 Å². The molecule has 158 valence electrons. The summed E-state index contributed by atoms with van der Waals surface area (Å²) < 4.78 is 30.5. The van der Waals surface area contributed by atoms with E-state index in [0.29, 0.717) is 33.5 Å². The summed E-state index contributed by atoms with van der Waals surface area (Å²) in [7, 11) is -3.81. The van der Waals surface area contributed by atoms with Crippen molar-refractivity contribution in [3.8, 4) is 0 Å². The fourth-order valence-electron chi connectivity index (χ4n) is 3.43. The molecule has 1 unspecified atom stereocenters. The Balaban J connectivity index is 1.73. The molecule has 1 amide bonds. The Morgan fingerprint density at radius 3 is 2.77 bits per heavy atom. The Hall–Kier alpha value is -1.49. The number of sulfonamides is 1. The fourth-order valence-corrected chi connectivity index (χ4v) is 8.02. The lowest BCUT2D eigenvalue weighted by Gasteiger charge is -2.20. The summed E-state index contributed by atoms with van der Waals surface area (Å²) in [5.74, 6) is -0.478. The van der Waals surface area contributed by atoms with Crippen LogP contribution in [-0.2, 0) is 21.4 Å². The summed E-state index contributed by atoms with van der Waals surface area (Å²) in [6.45, 7) is 4.51. The first-order valence-corrected chi connectivity index (χ1v) is 12.9. The number of hydrogen-bond acceptors (Lipinski definition) is 5. The van der Waals surface area contributed by atoms with E-state index in [4.69, 9.17) is 23.2 Å². The van der Waals surface area contributed by atoms with E-state index in [0.717, 1.165) is 21.6 Å². The average molecular weight is 502 g/mol. The molecule has 1 aliphatic rings. The standard InChI is InChI=1S/C19H17Cl2N3O3S3/c1-2-9-23-13-6-5-12(20)11-15(13)28-19(23)22-18(25)14-4-3-10-24(14)30(26,27)17-8-7-16(21)29-17/h2,5-8,11,14H,1,3-4,9-10H2. The van der Waals surface area contributed by atoms with Crippen LogP contribution in [0.4, 0.5) is 0 Å². The van der Waals surface area contributed by atoms with Crippen molar-refractivity contribution in [2.24, 2.45) is 4.99 Å². The van der Waals surface area contributed by atoms with Crippen LogP contribution in [0.25, 0.3) is 10.2 Å². The normalized spacial score (nSPS) is 18.3. The van der Waals surface area contributed by atoms with Crippen molar-refractivity contribution < 1.29 is 13.2 Å². The van der Waals surface area contributed by atoms with Gasteiger partial charge in [-0.2, -0.15) is 9.30 Å². The smallest absolute Gasteiger partial charge is 0.266 e. The topological polar surface area (TPSA) is 71.7 Å². The van der Waals surface area contributed by atoms with E-state index in [1.54, 1.807) is 12.1 Å². The van der Waals surface area contributed by atoms with Crippen LogP contribution in [0.2, 0.25) is 9.36 Å². The maximum Gasteiger partial charge on any atom is 0.266 e. The van der Waals surface area contributed by atoms with Crippen molar-refractivity contribution in [2.45, 2.75) is 29.6 Å². The van der Waals surface area contributed by atoms with Gasteiger partial charge in [0.15, 0.2) is 4.80 Å². The van der Waals surface area contributed by atoms with Crippen LogP contribution in [0.15, 0.2) is 52.2 Å².